The van der Waals surface area contributed by atoms with Crippen molar-refractivity contribution in [2.45, 2.75) is 89.1 Å². The second-order valence-corrected chi connectivity index (χ2v) is 13.5. The zero-order valence-corrected chi connectivity index (χ0v) is 32.6. The predicted molar refractivity (Wildman–Crippen MR) is 207 cm³/mol. The fraction of sp³-hybridized carbons (Fsp3) is 0.564. The van der Waals surface area contributed by atoms with Gasteiger partial charge in [0.2, 0.25) is 11.8 Å². The fourth-order valence-corrected chi connectivity index (χ4v) is 5.60. The maximum Gasteiger partial charge on any atom is 0.258 e. The van der Waals surface area contributed by atoms with Crippen LogP contribution in [0.4, 0.5) is 0 Å². The van der Waals surface area contributed by atoms with Gasteiger partial charge in [0.15, 0.2) is 12.9 Å². The Balaban J connectivity index is 1.26. The largest absolute Gasteiger partial charge is 0.484 e. The molecular formula is C39H58N6O12. The predicted octanol–water partition coefficient (Wildman–Crippen LogP) is -0.567. The van der Waals surface area contributed by atoms with Crippen molar-refractivity contribution >= 4 is 29.4 Å². The molecule has 57 heavy (non-hydrogen) atoms. The number of aliphatic hydroxyl groups is 3. The molecule has 10 N–H and O–H groups in total. The van der Waals surface area contributed by atoms with Crippen LogP contribution in [0.25, 0.3) is 11.1 Å². The van der Waals surface area contributed by atoms with E-state index >= 15 is 0 Å². The van der Waals surface area contributed by atoms with E-state index in [0.29, 0.717) is 30.7 Å². The highest BCUT2D eigenvalue weighted by Crippen LogP contribution is 2.24. The second kappa shape index (κ2) is 25.7. The van der Waals surface area contributed by atoms with Crippen LogP contribution in [0.15, 0.2) is 48.5 Å². The van der Waals surface area contributed by atoms with Crippen molar-refractivity contribution < 1.29 is 58.2 Å². The molecule has 1 unspecified atom stereocenters. The Labute approximate surface area is 332 Å². The number of hydrogen-bond acceptors (Lipinski definition) is 14. The van der Waals surface area contributed by atoms with Gasteiger partial charge in [-0.1, -0.05) is 30.7 Å². The number of unbranched alkanes of at least 4 members (excludes halogenated alkanes) is 1. The molecular weight excluding hydrogens is 744 g/mol. The lowest BCUT2D eigenvalue weighted by Crippen LogP contribution is -2.57. The SMILES string of the molecule is CC(=O)[C@H](CCCCN)NNC(=O)CCCC(=O)NCCNC(=O)c1cccc(-c2ccc(OCC(=O)NCCOCCOC3O[C@@H](C)[C@H](O)[C@@H](O)[C@H]3O)cc2)c1. The fourth-order valence-electron chi connectivity index (χ4n) is 5.60. The van der Waals surface area contributed by atoms with Crippen LogP contribution in [-0.4, -0.2) is 134 Å². The van der Waals surface area contributed by atoms with E-state index in [1.807, 2.05) is 18.2 Å². The number of ketones is 1. The number of aliphatic hydroxyl groups excluding tert-OH is 3. The summed E-state index contributed by atoms with van der Waals surface area (Å²) in [4.78, 5) is 61.1. The number of carbonyl (C=O) groups is 5. The number of nitrogens with one attached hydrogen (secondary N) is 5. The molecule has 0 saturated carbocycles. The zero-order chi connectivity index (χ0) is 41.6. The molecule has 1 saturated heterocycles. The average molecular weight is 803 g/mol. The van der Waals surface area contributed by atoms with Crippen LogP contribution >= 0.6 is 0 Å². The molecule has 1 fully saturated rings. The van der Waals surface area contributed by atoms with E-state index in [9.17, 15) is 39.3 Å². The van der Waals surface area contributed by atoms with Crippen LogP contribution in [0.3, 0.4) is 0 Å². The van der Waals surface area contributed by atoms with Gasteiger partial charge in [0.1, 0.15) is 29.8 Å². The van der Waals surface area contributed by atoms with Crippen molar-refractivity contribution in [2.75, 3.05) is 52.6 Å². The lowest BCUT2D eigenvalue weighted by atomic mass is 10.0. The van der Waals surface area contributed by atoms with Crippen molar-refractivity contribution in [3.05, 3.63) is 54.1 Å². The van der Waals surface area contributed by atoms with Gasteiger partial charge in [-0.2, -0.15) is 0 Å². The number of Topliss-reactive ketones (excluding diaryl/α,β-unsaturated/α-hetero) is 1. The van der Waals surface area contributed by atoms with Gasteiger partial charge in [0.05, 0.1) is 32.0 Å². The maximum atomic E-state index is 12.8. The summed E-state index contributed by atoms with van der Waals surface area (Å²) in [6, 6.07) is 13.6. The first kappa shape index (κ1) is 46.8. The monoisotopic (exact) mass is 802 g/mol. The Bertz CT molecular complexity index is 1560. The van der Waals surface area contributed by atoms with Gasteiger partial charge in [-0.25, -0.2) is 5.43 Å². The van der Waals surface area contributed by atoms with Crippen LogP contribution < -0.4 is 37.3 Å². The molecule has 2 aromatic carbocycles. The van der Waals surface area contributed by atoms with E-state index < -0.39 is 36.7 Å². The van der Waals surface area contributed by atoms with E-state index in [0.717, 1.165) is 24.0 Å². The Hall–Kier alpha value is -4.53. The molecule has 2 aromatic rings. The van der Waals surface area contributed by atoms with Gasteiger partial charge >= 0.3 is 0 Å². The highest BCUT2D eigenvalue weighted by atomic mass is 16.7. The van der Waals surface area contributed by atoms with Gasteiger partial charge in [-0.3, -0.25) is 29.4 Å². The third-order valence-electron chi connectivity index (χ3n) is 8.93. The smallest absolute Gasteiger partial charge is 0.258 e. The van der Waals surface area contributed by atoms with Crippen molar-refractivity contribution in [1.82, 2.24) is 26.8 Å². The molecule has 0 aromatic heterocycles. The number of carbonyl (C=O) groups excluding carboxylic acids is 5. The number of hydrogen-bond donors (Lipinski definition) is 9. The first-order valence-corrected chi connectivity index (χ1v) is 19.2. The third kappa shape index (κ3) is 17.2. The lowest BCUT2D eigenvalue weighted by Gasteiger charge is -2.38. The topological polar surface area (TPSA) is 269 Å². The Morgan fingerprint density at radius 2 is 1.51 bits per heavy atom. The number of nitrogens with two attached hydrogens (primary N) is 1. The lowest BCUT2D eigenvalue weighted by molar-refractivity contribution is -0.294. The van der Waals surface area contributed by atoms with Crippen LogP contribution in [-0.2, 0) is 33.4 Å². The quantitative estimate of drug-likeness (QED) is 0.0426. The zero-order valence-electron chi connectivity index (χ0n) is 32.6. The minimum absolute atomic E-state index is 0.0672. The number of benzene rings is 2. The Morgan fingerprint density at radius 3 is 2.25 bits per heavy atom. The summed E-state index contributed by atoms with van der Waals surface area (Å²) >= 11 is 0. The van der Waals surface area contributed by atoms with Gasteiger partial charge in [-0.05, 0) is 75.0 Å². The van der Waals surface area contributed by atoms with Gasteiger partial charge < -0.3 is 56.0 Å². The third-order valence-corrected chi connectivity index (χ3v) is 8.93. The van der Waals surface area contributed by atoms with E-state index in [-0.39, 0.29) is 88.3 Å². The molecule has 0 aliphatic carbocycles. The van der Waals surface area contributed by atoms with E-state index in [1.54, 1.807) is 37.3 Å². The van der Waals surface area contributed by atoms with Gasteiger partial charge in [0, 0.05) is 38.0 Å². The molecule has 0 radical (unpaired) electrons. The number of rotatable bonds is 26. The number of amides is 4. The van der Waals surface area contributed by atoms with Crippen molar-refractivity contribution in [1.29, 1.82) is 0 Å². The average Bonchev–Trinajstić information content (AvgIpc) is 3.20. The van der Waals surface area contributed by atoms with Crippen LogP contribution in [0, 0.1) is 0 Å². The summed E-state index contributed by atoms with van der Waals surface area (Å²) in [5.41, 5.74) is 12.8. The highest BCUT2D eigenvalue weighted by molar-refractivity contribution is 5.95. The van der Waals surface area contributed by atoms with Crippen LogP contribution in [0.5, 0.6) is 5.75 Å². The summed E-state index contributed by atoms with van der Waals surface area (Å²) in [7, 11) is 0. The summed E-state index contributed by atoms with van der Waals surface area (Å²) in [5, 5.41) is 37.7. The summed E-state index contributed by atoms with van der Waals surface area (Å²) in [6.07, 6.45) is -3.07. The molecule has 18 heteroatoms. The van der Waals surface area contributed by atoms with Crippen LogP contribution in [0.1, 0.15) is 62.7 Å². The molecule has 0 spiro atoms. The Kier molecular flexibility index (Phi) is 21.1. The summed E-state index contributed by atoms with van der Waals surface area (Å²) < 4.78 is 21.7. The van der Waals surface area contributed by atoms with E-state index in [1.165, 1.54) is 6.92 Å². The minimum Gasteiger partial charge on any atom is -0.484 e. The van der Waals surface area contributed by atoms with Crippen LogP contribution in [0.2, 0.25) is 0 Å². The molecule has 1 aliphatic rings. The molecule has 6 atom stereocenters. The first-order valence-electron chi connectivity index (χ1n) is 19.2. The molecule has 0 bridgehead atoms. The molecule has 4 amide bonds. The van der Waals surface area contributed by atoms with E-state index in [2.05, 4.69) is 26.8 Å². The summed E-state index contributed by atoms with van der Waals surface area (Å²) in [6.45, 7) is 4.42. The number of hydrazine groups is 1. The normalized spacial score (nSPS) is 19.6. The van der Waals surface area contributed by atoms with Crippen molar-refractivity contribution in [2.24, 2.45) is 5.73 Å². The minimum atomic E-state index is -1.39. The maximum absolute atomic E-state index is 12.8. The molecule has 18 nitrogen and oxygen atoms in total. The van der Waals surface area contributed by atoms with Crippen molar-refractivity contribution in [3.8, 4) is 16.9 Å². The second-order valence-electron chi connectivity index (χ2n) is 13.5. The Morgan fingerprint density at radius 1 is 0.789 bits per heavy atom. The van der Waals surface area contributed by atoms with Crippen molar-refractivity contribution in [3.63, 3.8) is 0 Å². The molecule has 1 aliphatic heterocycles. The highest BCUT2D eigenvalue weighted by Gasteiger charge is 2.42. The number of ether oxygens (including phenoxy) is 4. The molecule has 1 heterocycles. The standard InChI is InChI=1S/C39H58N6O12/c1-25(46)31(9-3-4-16-40)44-45-33(48)11-6-10-32(47)41-17-18-43-38(53)29-8-5-7-28(23-29)27-12-14-30(15-13-27)56-24-34(49)42-19-20-54-21-22-55-39-37(52)36(51)35(50)26(2)57-39/h5,7-8,12-15,23,26,31,35-37,39,44,50-52H,3-4,6,9-11,16-22,24,40H2,1-2H3,(H,41,47)(H,42,49)(H,43,53)(H,45,48)/t26-,31-,35-,36+,37+,39?/m0/s1. The van der Waals surface area contributed by atoms with E-state index in [4.69, 9.17) is 24.7 Å². The molecule has 316 valence electrons. The molecule has 3 rings (SSSR count). The van der Waals surface area contributed by atoms with Gasteiger partial charge in [-0.15, -0.1) is 0 Å². The van der Waals surface area contributed by atoms with Gasteiger partial charge in [0.25, 0.3) is 11.8 Å². The first-order chi connectivity index (χ1) is 27.4. The summed E-state index contributed by atoms with van der Waals surface area (Å²) in [5.74, 6) is -0.821.